The fourth-order valence-corrected chi connectivity index (χ4v) is 1.99. The molecule has 4 heteroatoms. The second kappa shape index (κ2) is 5.32. The summed E-state index contributed by atoms with van der Waals surface area (Å²) in [6.07, 6.45) is 1.54. The number of carboxylic acid groups (broad SMARTS) is 1. The van der Waals surface area contributed by atoms with Crippen molar-refractivity contribution >= 4 is 17.6 Å². The highest BCUT2D eigenvalue weighted by Gasteiger charge is 2.17. The molecule has 0 fully saturated rings. The zero-order chi connectivity index (χ0) is 12.3. The number of halogens is 1. The molecule has 1 rings (SSSR count). The number of aryl methyl sites for hydroxylation is 2. The average molecular weight is 242 g/mol. The second-order valence-electron chi connectivity index (χ2n) is 3.68. The Kier molecular flexibility index (Phi) is 4.33. The van der Waals surface area contributed by atoms with E-state index in [1.54, 1.807) is 12.1 Å². The number of hydrogen-bond donors (Lipinski definition) is 2. The summed E-state index contributed by atoms with van der Waals surface area (Å²) >= 11 is 6.18. The highest BCUT2D eigenvalue weighted by molar-refractivity contribution is 6.32. The molecular formula is C12H16ClNO2. The molecule has 0 saturated heterocycles. The van der Waals surface area contributed by atoms with Gasteiger partial charge < -0.3 is 10.8 Å². The molecule has 0 aliphatic rings. The summed E-state index contributed by atoms with van der Waals surface area (Å²) in [5.74, 6) is -1.02. The van der Waals surface area contributed by atoms with E-state index in [1.807, 2.05) is 13.8 Å². The second-order valence-corrected chi connectivity index (χ2v) is 4.05. The lowest BCUT2D eigenvalue weighted by Gasteiger charge is -2.13. The lowest BCUT2D eigenvalue weighted by Crippen LogP contribution is -2.21. The van der Waals surface area contributed by atoms with Crippen LogP contribution in [0.25, 0.3) is 0 Å². The third-order valence-corrected chi connectivity index (χ3v) is 3.12. The fraction of sp³-hybridized carbons (Fsp3) is 0.417. The van der Waals surface area contributed by atoms with E-state index in [2.05, 4.69) is 0 Å². The van der Waals surface area contributed by atoms with Crippen LogP contribution >= 0.6 is 11.6 Å². The van der Waals surface area contributed by atoms with Crippen LogP contribution in [0.1, 0.15) is 36.6 Å². The van der Waals surface area contributed by atoms with Gasteiger partial charge in [0, 0.05) is 5.02 Å². The minimum atomic E-state index is -1.02. The molecule has 0 aromatic heterocycles. The lowest BCUT2D eigenvalue weighted by molar-refractivity contribution is -0.138. The van der Waals surface area contributed by atoms with E-state index in [0.717, 1.165) is 29.0 Å². The molecule has 1 atom stereocenters. The van der Waals surface area contributed by atoms with Gasteiger partial charge in [-0.25, -0.2) is 0 Å². The fourth-order valence-electron chi connectivity index (χ4n) is 1.61. The molecule has 88 valence electrons. The first-order valence-electron chi connectivity index (χ1n) is 5.30. The van der Waals surface area contributed by atoms with Crippen molar-refractivity contribution in [3.8, 4) is 0 Å². The van der Waals surface area contributed by atoms with Gasteiger partial charge in [0.1, 0.15) is 6.04 Å². The average Bonchev–Trinajstić information content (AvgIpc) is 2.28. The van der Waals surface area contributed by atoms with Gasteiger partial charge in [0.25, 0.3) is 0 Å². The lowest BCUT2D eigenvalue weighted by atomic mass is 9.98. The predicted octanol–water partition coefficient (Wildman–Crippen LogP) is 2.55. The molecule has 0 aliphatic carbocycles. The van der Waals surface area contributed by atoms with E-state index < -0.39 is 12.0 Å². The summed E-state index contributed by atoms with van der Waals surface area (Å²) in [4.78, 5) is 10.8. The van der Waals surface area contributed by atoms with Crippen LogP contribution in [0.4, 0.5) is 0 Å². The van der Waals surface area contributed by atoms with Crippen molar-refractivity contribution in [2.75, 3.05) is 0 Å². The highest BCUT2D eigenvalue weighted by Crippen LogP contribution is 2.26. The van der Waals surface area contributed by atoms with Crippen molar-refractivity contribution in [3.63, 3.8) is 0 Å². The third kappa shape index (κ3) is 2.54. The van der Waals surface area contributed by atoms with Gasteiger partial charge in [-0.1, -0.05) is 37.6 Å². The minimum Gasteiger partial charge on any atom is -0.480 e. The summed E-state index contributed by atoms with van der Waals surface area (Å²) in [6.45, 7) is 3.97. The summed E-state index contributed by atoms with van der Waals surface area (Å²) in [7, 11) is 0. The maximum atomic E-state index is 10.8. The zero-order valence-corrected chi connectivity index (χ0v) is 10.2. The Bertz CT molecular complexity index is 379. The van der Waals surface area contributed by atoms with Crippen LogP contribution in [0.2, 0.25) is 5.02 Å². The Morgan fingerprint density at radius 1 is 1.38 bits per heavy atom. The largest absolute Gasteiger partial charge is 0.480 e. The van der Waals surface area contributed by atoms with E-state index in [1.165, 1.54) is 0 Å². The van der Waals surface area contributed by atoms with Crippen LogP contribution in [-0.4, -0.2) is 11.1 Å². The normalized spacial score (nSPS) is 12.5. The molecule has 16 heavy (non-hydrogen) atoms. The molecule has 3 N–H and O–H groups in total. The summed E-state index contributed by atoms with van der Waals surface area (Å²) in [5, 5.41) is 9.60. The van der Waals surface area contributed by atoms with Gasteiger partial charge >= 0.3 is 5.97 Å². The maximum Gasteiger partial charge on any atom is 0.325 e. The Labute approximate surface area is 100 Å². The van der Waals surface area contributed by atoms with Gasteiger partial charge in [0.05, 0.1) is 0 Å². The van der Waals surface area contributed by atoms with Crippen molar-refractivity contribution in [1.29, 1.82) is 0 Å². The van der Waals surface area contributed by atoms with Gasteiger partial charge in [-0.15, -0.1) is 0 Å². The van der Waals surface area contributed by atoms with Crippen LogP contribution in [-0.2, 0) is 17.6 Å². The topological polar surface area (TPSA) is 63.3 Å². The smallest absolute Gasteiger partial charge is 0.325 e. The Balaban J connectivity index is 3.26. The number of carboxylic acids is 1. The molecule has 3 nitrogen and oxygen atoms in total. The van der Waals surface area contributed by atoms with Crippen LogP contribution < -0.4 is 5.73 Å². The van der Waals surface area contributed by atoms with Crippen molar-refractivity contribution < 1.29 is 9.90 Å². The van der Waals surface area contributed by atoms with E-state index in [4.69, 9.17) is 22.4 Å². The molecule has 0 unspecified atom stereocenters. The first-order chi connectivity index (χ1) is 7.51. The molecule has 0 aliphatic heterocycles. The quantitative estimate of drug-likeness (QED) is 0.852. The first-order valence-corrected chi connectivity index (χ1v) is 5.68. The maximum absolute atomic E-state index is 10.8. The van der Waals surface area contributed by atoms with Gasteiger partial charge in [0.15, 0.2) is 0 Å². The van der Waals surface area contributed by atoms with E-state index in [0.29, 0.717) is 5.56 Å². The minimum absolute atomic E-state index is 0.616. The van der Waals surface area contributed by atoms with Crippen LogP contribution in [0, 0.1) is 0 Å². The monoisotopic (exact) mass is 241 g/mol. The van der Waals surface area contributed by atoms with E-state index >= 15 is 0 Å². The zero-order valence-electron chi connectivity index (χ0n) is 9.46. The molecule has 0 bridgehead atoms. The van der Waals surface area contributed by atoms with Crippen molar-refractivity contribution in [2.45, 2.75) is 32.7 Å². The molecule has 0 spiro atoms. The van der Waals surface area contributed by atoms with Gasteiger partial charge in [-0.3, -0.25) is 4.79 Å². The molecular weight excluding hydrogens is 226 g/mol. The molecule has 0 radical (unpaired) electrons. The van der Waals surface area contributed by atoms with Gasteiger partial charge in [0.2, 0.25) is 0 Å². The number of benzene rings is 1. The molecule has 1 aromatic rings. The van der Waals surface area contributed by atoms with Crippen LogP contribution in [0.5, 0.6) is 0 Å². The third-order valence-electron chi connectivity index (χ3n) is 2.63. The molecule has 0 heterocycles. The highest BCUT2D eigenvalue weighted by atomic mass is 35.5. The predicted molar refractivity (Wildman–Crippen MR) is 64.8 cm³/mol. The summed E-state index contributed by atoms with van der Waals surface area (Å²) < 4.78 is 0. The SMILES string of the molecule is CCc1cc([C@H](N)C(=O)O)cc(CC)c1Cl. The first kappa shape index (κ1) is 13.0. The van der Waals surface area contributed by atoms with E-state index in [-0.39, 0.29) is 0 Å². The number of carbonyl (C=O) groups is 1. The van der Waals surface area contributed by atoms with Crippen molar-refractivity contribution in [2.24, 2.45) is 5.73 Å². The number of hydrogen-bond acceptors (Lipinski definition) is 2. The Hall–Kier alpha value is -1.06. The van der Waals surface area contributed by atoms with Gasteiger partial charge in [-0.05, 0) is 29.5 Å². The van der Waals surface area contributed by atoms with Gasteiger partial charge in [-0.2, -0.15) is 0 Å². The van der Waals surface area contributed by atoms with E-state index in [9.17, 15) is 4.79 Å². The van der Waals surface area contributed by atoms with Crippen LogP contribution in [0.3, 0.4) is 0 Å². The summed E-state index contributed by atoms with van der Waals surface area (Å²) in [6, 6.07) is 2.58. The Morgan fingerprint density at radius 3 is 2.12 bits per heavy atom. The number of nitrogens with two attached hydrogens (primary N) is 1. The van der Waals surface area contributed by atoms with Crippen molar-refractivity contribution in [1.82, 2.24) is 0 Å². The number of aliphatic carboxylic acids is 1. The number of rotatable bonds is 4. The Morgan fingerprint density at radius 2 is 1.81 bits per heavy atom. The standard InChI is InChI=1S/C12H16ClNO2/c1-3-7-5-9(11(14)12(15)16)6-8(4-2)10(7)13/h5-6,11H,3-4,14H2,1-2H3,(H,15,16)/t11-/m0/s1. The molecule has 0 amide bonds. The van der Waals surface area contributed by atoms with Crippen molar-refractivity contribution in [3.05, 3.63) is 33.8 Å². The molecule has 1 aromatic carbocycles. The van der Waals surface area contributed by atoms with Crippen LogP contribution in [0.15, 0.2) is 12.1 Å². The summed E-state index contributed by atoms with van der Waals surface area (Å²) in [5.41, 5.74) is 8.11. The molecule has 0 saturated carbocycles.